The highest BCUT2D eigenvalue weighted by molar-refractivity contribution is 5.87. The van der Waals surface area contributed by atoms with Crippen molar-refractivity contribution in [3.63, 3.8) is 0 Å². The van der Waals surface area contributed by atoms with E-state index in [1.807, 2.05) is 0 Å². The normalized spacial score (nSPS) is 29.8. The number of nitrogens with one attached hydrogen (secondary N) is 2. The van der Waals surface area contributed by atoms with Crippen LogP contribution in [0.25, 0.3) is 0 Å². The molecule has 0 aromatic carbocycles. The predicted octanol–water partition coefficient (Wildman–Crippen LogP) is 0.355. The number of carbonyl (C=O) groups is 2. The molecule has 1 aliphatic carbocycles. The quantitative estimate of drug-likeness (QED) is 0.649. The molecule has 1 aliphatic rings. The van der Waals surface area contributed by atoms with Crippen LogP contribution in [0.1, 0.15) is 32.6 Å². The Morgan fingerprint density at radius 2 is 1.94 bits per heavy atom. The third-order valence-electron chi connectivity index (χ3n) is 3.25. The van der Waals surface area contributed by atoms with E-state index < -0.39 is 11.5 Å². The van der Waals surface area contributed by atoms with Gasteiger partial charge in [-0.05, 0) is 38.6 Å². The first-order chi connectivity index (χ1) is 7.50. The first kappa shape index (κ1) is 13.0. The van der Waals surface area contributed by atoms with Crippen LogP contribution in [0.3, 0.4) is 0 Å². The van der Waals surface area contributed by atoms with Crippen LogP contribution in [-0.4, -0.2) is 36.1 Å². The van der Waals surface area contributed by atoms with Crippen molar-refractivity contribution in [1.29, 1.82) is 0 Å². The summed E-state index contributed by atoms with van der Waals surface area (Å²) >= 11 is 0. The summed E-state index contributed by atoms with van der Waals surface area (Å²) < 4.78 is 0. The summed E-state index contributed by atoms with van der Waals surface area (Å²) in [6.07, 6.45) is 2.76. The first-order valence-electron chi connectivity index (χ1n) is 5.69. The number of aliphatic carboxylic acids is 1. The predicted molar refractivity (Wildman–Crippen MR) is 60.1 cm³/mol. The third-order valence-corrected chi connectivity index (χ3v) is 3.25. The van der Waals surface area contributed by atoms with E-state index in [4.69, 9.17) is 0 Å². The molecule has 0 aliphatic heterocycles. The van der Waals surface area contributed by atoms with Crippen molar-refractivity contribution in [3.8, 4) is 0 Å². The van der Waals surface area contributed by atoms with Gasteiger partial charge in [0, 0.05) is 0 Å². The lowest BCUT2D eigenvalue weighted by Crippen LogP contribution is -2.57. The summed E-state index contributed by atoms with van der Waals surface area (Å²) in [5.74, 6) is -0.614. The van der Waals surface area contributed by atoms with Gasteiger partial charge in [-0.15, -0.1) is 0 Å². The van der Waals surface area contributed by atoms with Crippen molar-refractivity contribution in [3.05, 3.63) is 0 Å². The molecule has 0 aromatic heterocycles. The molecular formula is C11H20N2O3. The molecule has 1 fully saturated rings. The van der Waals surface area contributed by atoms with Crippen LogP contribution in [0.2, 0.25) is 0 Å². The Morgan fingerprint density at radius 3 is 2.38 bits per heavy atom. The van der Waals surface area contributed by atoms with E-state index in [0.29, 0.717) is 18.8 Å². The maximum absolute atomic E-state index is 11.5. The van der Waals surface area contributed by atoms with E-state index in [0.717, 1.165) is 12.8 Å². The van der Waals surface area contributed by atoms with Gasteiger partial charge in [0.25, 0.3) is 0 Å². The highest BCUT2D eigenvalue weighted by Crippen LogP contribution is 2.32. The molecule has 5 nitrogen and oxygen atoms in total. The van der Waals surface area contributed by atoms with Crippen LogP contribution >= 0.6 is 0 Å². The van der Waals surface area contributed by atoms with Gasteiger partial charge in [-0.25, -0.2) is 4.79 Å². The van der Waals surface area contributed by atoms with Gasteiger partial charge < -0.3 is 15.7 Å². The Hall–Kier alpha value is -1.10. The number of hydrogen-bond donors (Lipinski definition) is 3. The lowest BCUT2D eigenvalue weighted by Gasteiger charge is -2.36. The van der Waals surface area contributed by atoms with E-state index in [1.54, 1.807) is 7.05 Å². The molecule has 0 radical (unpaired) electrons. The topological polar surface area (TPSA) is 78.4 Å². The van der Waals surface area contributed by atoms with Crippen molar-refractivity contribution in [2.75, 3.05) is 13.6 Å². The van der Waals surface area contributed by atoms with E-state index in [-0.39, 0.29) is 12.5 Å². The zero-order valence-corrected chi connectivity index (χ0v) is 9.88. The van der Waals surface area contributed by atoms with Gasteiger partial charge in [-0.2, -0.15) is 0 Å². The number of amides is 1. The van der Waals surface area contributed by atoms with Crippen LogP contribution in [-0.2, 0) is 9.59 Å². The molecule has 0 unspecified atom stereocenters. The fraction of sp³-hybridized carbons (Fsp3) is 0.818. The second-order valence-corrected chi connectivity index (χ2v) is 4.65. The standard InChI is InChI=1S/C11H20N2O3/c1-8-3-5-11(6-4-8,10(15)16)13-9(14)7-12-2/h8,12H,3-7H2,1-2H3,(H,13,14)(H,15,16). The minimum atomic E-state index is -1.04. The number of carbonyl (C=O) groups excluding carboxylic acids is 1. The van der Waals surface area contributed by atoms with Gasteiger partial charge in [0.05, 0.1) is 6.54 Å². The van der Waals surface area contributed by atoms with Crippen LogP contribution in [0, 0.1) is 5.92 Å². The fourth-order valence-electron chi connectivity index (χ4n) is 2.12. The SMILES string of the molecule is CNCC(=O)NC1(C(=O)O)CCC(C)CC1. The Morgan fingerprint density at radius 1 is 1.38 bits per heavy atom. The monoisotopic (exact) mass is 228 g/mol. The van der Waals surface area contributed by atoms with Crippen LogP contribution in [0.4, 0.5) is 0 Å². The molecule has 5 heteroatoms. The van der Waals surface area contributed by atoms with Gasteiger partial charge in [0.2, 0.25) is 5.91 Å². The zero-order valence-electron chi connectivity index (χ0n) is 9.88. The molecule has 0 bridgehead atoms. The van der Waals surface area contributed by atoms with Crippen molar-refractivity contribution in [2.45, 2.75) is 38.1 Å². The Kier molecular flexibility index (Phi) is 4.29. The fourth-order valence-corrected chi connectivity index (χ4v) is 2.12. The summed E-state index contributed by atoms with van der Waals surface area (Å²) in [4.78, 5) is 22.8. The van der Waals surface area contributed by atoms with Crippen molar-refractivity contribution < 1.29 is 14.7 Å². The lowest BCUT2D eigenvalue weighted by molar-refractivity contribution is -0.149. The molecule has 0 aromatic rings. The number of likely N-dealkylation sites (N-methyl/N-ethyl adjacent to an activating group) is 1. The number of hydrogen-bond acceptors (Lipinski definition) is 3. The Labute approximate surface area is 95.6 Å². The minimum Gasteiger partial charge on any atom is -0.480 e. The van der Waals surface area contributed by atoms with Crippen LogP contribution < -0.4 is 10.6 Å². The number of carboxylic acids is 1. The van der Waals surface area contributed by atoms with E-state index >= 15 is 0 Å². The van der Waals surface area contributed by atoms with Crippen LogP contribution in [0.15, 0.2) is 0 Å². The largest absolute Gasteiger partial charge is 0.480 e. The van der Waals surface area contributed by atoms with E-state index in [1.165, 1.54) is 0 Å². The van der Waals surface area contributed by atoms with E-state index in [9.17, 15) is 14.7 Å². The lowest BCUT2D eigenvalue weighted by atomic mass is 9.77. The molecule has 1 saturated carbocycles. The molecule has 0 spiro atoms. The molecule has 0 saturated heterocycles. The molecule has 16 heavy (non-hydrogen) atoms. The van der Waals surface area contributed by atoms with Gasteiger partial charge in [-0.3, -0.25) is 4.79 Å². The molecular weight excluding hydrogens is 208 g/mol. The van der Waals surface area contributed by atoms with Crippen LogP contribution in [0.5, 0.6) is 0 Å². The Balaban J connectivity index is 2.66. The number of carboxylic acid groups (broad SMARTS) is 1. The summed E-state index contributed by atoms with van der Waals surface area (Å²) in [6, 6.07) is 0. The van der Waals surface area contributed by atoms with Crippen molar-refractivity contribution in [2.24, 2.45) is 5.92 Å². The zero-order chi connectivity index (χ0) is 12.2. The summed E-state index contributed by atoms with van der Waals surface area (Å²) in [7, 11) is 1.66. The second-order valence-electron chi connectivity index (χ2n) is 4.65. The molecule has 3 N–H and O–H groups in total. The summed E-state index contributed by atoms with van der Waals surface area (Å²) in [5, 5.41) is 14.6. The van der Waals surface area contributed by atoms with Gasteiger partial charge >= 0.3 is 5.97 Å². The van der Waals surface area contributed by atoms with Crippen molar-refractivity contribution >= 4 is 11.9 Å². The van der Waals surface area contributed by atoms with Gasteiger partial charge in [0.15, 0.2) is 0 Å². The maximum Gasteiger partial charge on any atom is 0.329 e. The number of rotatable bonds is 4. The molecule has 0 heterocycles. The molecule has 0 atom stereocenters. The first-order valence-corrected chi connectivity index (χ1v) is 5.69. The minimum absolute atomic E-state index is 0.157. The summed E-state index contributed by atoms with van der Waals surface area (Å²) in [6.45, 7) is 2.27. The molecule has 92 valence electrons. The average molecular weight is 228 g/mol. The van der Waals surface area contributed by atoms with E-state index in [2.05, 4.69) is 17.6 Å². The van der Waals surface area contributed by atoms with Crippen molar-refractivity contribution in [1.82, 2.24) is 10.6 Å². The summed E-state index contributed by atoms with van der Waals surface area (Å²) in [5.41, 5.74) is -1.04. The Bertz CT molecular complexity index is 270. The highest BCUT2D eigenvalue weighted by atomic mass is 16.4. The maximum atomic E-state index is 11.5. The van der Waals surface area contributed by atoms with Gasteiger partial charge in [-0.1, -0.05) is 6.92 Å². The average Bonchev–Trinajstić information content (AvgIpc) is 2.22. The molecule has 1 rings (SSSR count). The smallest absolute Gasteiger partial charge is 0.329 e. The highest BCUT2D eigenvalue weighted by Gasteiger charge is 2.42. The van der Waals surface area contributed by atoms with Gasteiger partial charge in [0.1, 0.15) is 5.54 Å². The third kappa shape index (κ3) is 2.95. The second kappa shape index (κ2) is 5.30. The molecule has 1 amide bonds.